The first kappa shape index (κ1) is 22.0. The van der Waals surface area contributed by atoms with Crippen LogP contribution in [0, 0.1) is 5.82 Å². The van der Waals surface area contributed by atoms with Gasteiger partial charge in [-0.25, -0.2) is 18.1 Å². The van der Waals surface area contributed by atoms with Gasteiger partial charge in [-0.1, -0.05) is 11.6 Å². The van der Waals surface area contributed by atoms with Gasteiger partial charge in [0.25, 0.3) is 11.8 Å². The van der Waals surface area contributed by atoms with Gasteiger partial charge in [-0.05, 0) is 25.1 Å². The van der Waals surface area contributed by atoms with E-state index in [1.165, 1.54) is 0 Å². The van der Waals surface area contributed by atoms with E-state index in [1.54, 1.807) is 0 Å². The molecule has 0 saturated carbocycles. The number of nitrogens with two attached hydrogens (primary N) is 1. The lowest BCUT2D eigenvalue weighted by atomic mass is 9.85. The maximum atomic E-state index is 14.8. The number of alkyl halides is 4. The normalized spacial score (nSPS) is 21.3. The average molecular weight is 452 g/mol. The first-order valence-electron chi connectivity index (χ1n) is 8.38. The monoisotopic (exact) mass is 451 g/mol. The molecule has 0 saturated heterocycles. The van der Waals surface area contributed by atoms with Gasteiger partial charge in [0.2, 0.25) is 0 Å². The summed E-state index contributed by atoms with van der Waals surface area (Å²) in [5.74, 6) is -6.51. The van der Waals surface area contributed by atoms with Gasteiger partial charge in [0.1, 0.15) is 30.6 Å². The number of ether oxygens (including phenoxy) is 1. The van der Waals surface area contributed by atoms with Crippen molar-refractivity contribution in [2.45, 2.75) is 24.9 Å². The maximum absolute atomic E-state index is 14.8. The first-order valence-corrected chi connectivity index (χ1v) is 8.76. The molecule has 3 N–H and O–H groups in total. The molecule has 0 bridgehead atoms. The van der Waals surface area contributed by atoms with E-state index < -0.39 is 59.9 Å². The molecule has 0 fully saturated rings. The molecule has 0 spiro atoms. The fourth-order valence-electron chi connectivity index (χ4n) is 2.98. The average Bonchev–Trinajstić information content (AvgIpc) is 3.04. The minimum Gasteiger partial charge on any atom is -0.385 e. The zero-order valence-electron chi connectivity index (χ0n) is 15.3. The number of hydrogen-bond donors (Lipinski definition) is 2. The molecule has 1 amide bonds. The molecule has 2 aromatic rings. The smallest absolute Gasteiger partial charge is 0.321 e. The van der Waals surface area contributed by atoms with Crippen molar-refractivity contribution in [1.82, 2.24) is 10.2 Å². The number of amides is 1. The minimum atomic E-state index is -3.74. The highest BCUT2D eigenvalue weighted by Crippen LogP contribution is 2.44. The van der Waals surface area contributed by atoms with Crippen LogP contribution in [-0.4, -0.2) is 47.6 Å². The Kier molecular flexibility index (Phi) is 5.74. The highest BCUT2D eigenvalue weighted by molar-refractivity contribution is 6.34. The van der Waals surface area contributed by atoms with Crippen molar-refractivity contribution in [1.29, 1.82) is 0 Å². The van der Waals surface area contributed by atoms with E-state index in [1.807, 2.05) is 0 Å². The van der Waals surface area contributed by atoms with E-state index in [-0.39, 0.29) is 15.8 Å². The summed E-state index contributed by atoms with van der Waals surface area (Å²) in [5.41, 5.74) is 1.22. The van der Waals surface area contributed by atoms with Crippen LogP contribution in [0.5, 0.6) is 0 Å². The number of carbonyl (C=O) groups excluding carboxylic acids is 1. The van der Waals surface area contributed by atoms with E-state index in [9.17, 15) is 26.7 Å². The number of aromatic amines is 1. The Balaban J connectivity index is 2.15. The number of aliphatic imine (C=N–C) groups is 1. The van der Waals surface area contributed by atoms with Gasteiger partial charge < -0.3 is 10.5 Å². The topological polar surface area (TPSA) is 96.6 Å². The SMILES string of the molecule is C[C@]1(c2cc(N(C(=O)c3[nH]ncc3Cl)C(F)F)ccc2F)N=C(N)COCC1(F)F. The molecule has 1 aliphatic heterocycles. The predicted octanol–water partition coefficient (Wildman–Crippen LogP) is 3.31. The third-order valence-electron chi connectivity index (χ3n) is 4.59. The molecule has 1 aromatic carbocycles. The number of hydrogen-bond acceptors (Lipinski definition) is 5. The van der Waals surface area contributed by atoms with Gasteiger partial charge in [-0.2, -0.15) is 13.9 Å². The zero-order chi connectivity index (χ0) is 22.3. The van der Waals surface area contributed by atoms with Crippen molar-refractivity contribution in [2.75, 3.05) is 18.1 Å². The van der Waals surface area contributed by atoms with E-state index in [0.29, 0.717) is 12.1 Å². The van der Waals surface area contributed by atoms with Gasteiger partial charge in [-0.15, -0.1) is 0 Å². The number of carbonyl (C=O) groups is 1. The molecule has 30 heavy (non-hydrogen) atoms. The van der Waals surface area contributed by atoms with Crippen molar-refractivity contribution in [3.8, 4) is 0 Å². The van der Waals surface area contributed by atoms with Crippen molar-refractivity contribution < 1.29 is 31.5 Å². The quantitative estimate of drug-likeness (QED) is 0.550. The number of aromatic nitrogens is 2. The lowest BCUT2D eigenvalue weighted by Crippen LogP contribution is -2.45. The largest absolute Gasteiger partial charge is 0.385 e. The van der Waals surface area contributed by atoms with Gasteiger partial charge >= 0.3 is 6.55 Å². The molecule has 3 rings (SSSR count). The van der Waals surface area contributed by atoms with Crippen LogP contribution in [0.4, 0.5) is 27.6 Å². The summed E-state index contributed by atoms with van der Waals surface area (Å²) in [4.78, 5) is 16.2. The van der Waals surface area contributed by atoms with Crippen molar-refractivity contribution in [2.24, 2.45) is 10.7 Å². The molecular weight excluding hydrogens is 437 g/mol. The molecule has 1 aromatic heterocycles. The van der Waals surface area contributed by atoms with Crippen LogP contribution in [0.1, 0.15) is 23.0 Å². The molecule has 0 aliphatic carbocycles. The molecule has 7 nitrogen and oxygen atoms in total. The van der Waals surface area contributed by atoms with E-state index in [2.05, 4.69) is 15.2 Å². The summed E-state index contributed by atoms with van der Waals surface area (Å²) in [5, 5.41) is 5.43. The summed E-state index contributed by atoms with van der Waals surface area (Å²) in [6.07, 6.45) is 1.03. The van der Waals surface area contributed by atoms with Gasteiger partial charge in [-0.3, -0.25) is 14.9 Å². The van der Waals surface area contributed by atoms with Gasteiger partial charge in [0.05, 0.1) is 16.9 Å². The van der Waals surface area contributed by atoms with Crippen LogP contribution >= 0.6 is 11.6 Å². The molecule has 0 radical (unpaired) electrons. The summed E-state index contributed by atoms with van der Waals surface area (Å²) in [6, 6.07) is 2.22. The van der Waals surface area contributed by atoms with Gasteiger partial charge in [0.15, 0.2) is 5.54 Å². The van der Waals surface area contributed by atoms with Crippen LogP contribution in [0.2, 0.25) is 5.02 Å². The van der Waals surface area contributed by atoms with E-state index >= 15 is 0 Å². The maximum Gasteiger partial charge on any atom is 0.321 e. The lowest BCUT2D eigenvalue weighted by molar-refractivity contribution is -0.116. The Morgan fingerprint density at radius 3 is 2.70 bits per heavy atom. The minimum absolute atomic E-state index is 0.0376. The van der Waals surface area contributed by atoms with Crippen LogP contribution < -0.4 is 10.6 Å². The summed E-state index contributed by atoms with van der Waals surface area (Å²) >= 11 is 5.75. The fraction of sp³-hybridized carbons (Fsp3) is 0.353. The second-order valence-electron chi connectivity index (χ2n) is 6.58. The van der Waals surface area contributed by atoms with Crippen molar-refractivity contribution >= 4 is 29.0 Å². The molecule has 162 valence electrons. The molecule has 2 heterocycles. The number of nitrogens with zero attached hydrogens (tertiary/aromatic N) is 3. The summed E-state index contributed by atoms with van der Waals surface area (Å²) < 4.78 is 76.3. The van der Waals surface area contributed by atoms with Crippen LogP contribution in [0.15, 0.2) is 29.4 Å². The second-order valence-corrected chi connectivity index (χ2v) is 6.99. The number of benzene rings is 1. The molecule has 1 aliphatic rings. The Bertz CT molecular complexity index is 999. The fourth-order valence-corrected chi connectivity index (χ4v) is 3.15. The molecule has 13 heteroatoms. The molecular formula is C17H15ClF5N5O2. The molecule has 0 unspecified atom stereocenters. The van der Waals surface area contributed by atoms with Crippen LogP contribution in [0.25, 0.3) is 0 Å². The number of amidine groups is 1. The Hall–Kier alpha value is -2.73. The number of halogens is 6. The summed E-state index contributed by atoms with van der Waals surface area (Å²) in [7, 11) is 0. The second kappa shape index (κ2) is 7.84. The zero-order valence-corrected chi connectivity index (χ0v) is 16.1. The number of anilines is 1. The summed E-state index contributed by atoms with van der Waals surface area (Å²) in [6.45, 7) is -4.04. The number of H-pyrrole nitrogens is 1. The Labute approximate surface area is 171 Å². The van der Waals surface area contributed by atoms with Crippen LogP contribution in [0.3, 0.4) is 0 Å². The van der Waals surface area contributed by atoms with E-state index in [0.717, 1.165) is 19.2 Å². The third-order valence-corrected chi connectivity index (χ3v) is 4.87. The number of rotatable bonds is 4. The van der Waals surface area contributed by atoms with Crippen molar-refractivity contribution in [3.63, 3.8) is 0 Å². The van der Waals surface area contributed by atoms with E-state index in [4.69, 9.17) is 22.1 Å². The highest BCUT2D eigenvalue weighted by atomic mass is 35.5. The highest BCUT2D eigenvalue weighted by Gasteiger charge is 2.54. The first-order chi connectivity index (χ1) is 14.0. The molecule has 1 atom stereocenters. The lowest BCUT2D eigenvalue weighted by Gasteiger charge is -2.34. The van der Waals surface area contributed by atoms with Crippen LogP contribution in [-0.2, 0) is 10.3 Å². The van der Waals surface area contributed by atoms with Crippen molar-refractivity contribution in [3.05, 3.63) is 46.5 Å². The Morgan fingerprint density at radius 1 is 1.40 bits per heavy atom. The van der Waals surface area contributed by atoms with Gasteiger partial charge in [0, 0.05) is 5.56 Å². The number of nitrogens with one attached hydrogen (secondary N) is 1. The third kappa shape index (κ3) is 3.72. The standard InChI is InChI=1S/C17H15ClF5N5O2/c1-16(17(22,23)7-30-6-12(24)26-16)9-4-8(2-3-11(9)19)28(15(20)21)14(29)13-10(18)5-25-27-13/h2-5,15H,6-7H2,1H3,(H2,24,26)(H,25,27)/t16-/m1/s1. The Morgan fingerprint density at radius 2 is 2.10 bits per heavy atom. The predicted molar refractivity (Wildman–Crippen MR) is 97.6 cm³/mol.